The Morgan fingerprint density at radius 2 is 1.81 bits per heavy atom. The summed E-state index contributed by atoms with van der Waals surface area (Å²) < 4.78 is 49.1. The van der Waals surface area contributed by atoms with Crippen molar-refractivity contribution in [2.75, 3.05) is 13.7 Å². The molecule has 1 saturated carbocycles. The molecule has 0 atom stereocenters. The molecule has 2 aromatic carbocycles. The Morgan fingerprint density at radius 1 is 1.10 bits per heavy atom. The van der Waals surface area contributed by atoms with Crippen molar-refractivity contribution in [3.63, 3.8) is 0 Å². The summed E-state index contributed by atoms with van der Waals surface area (Å²) >= 11 is 0. The van der Waals surface area contributed by atoms with Crippen LogP contribution in [0.3, 0.4) is 0 Å². The molecular weight excluding hydrogens is 405 g/mol. The van der Waals surface area contributed by atoms with E-state index < -0.39 is 23.8 Å². The average Bonchev–Trinajstić information content (AvgIpc) is 2.77. The summed E-state index contributed by atoms with van der Waals surface area (Å²) in [4.78, 5) is 12.2. The highest BCUT2D eigenvalue weighted by Crippen LogP contribution is 2.32. The van der Waals surface area contributed by atoms with E-state index in [-0.39, 0.29) is 5.75 Å². The normalized spacial score (nSPS) is 19.1. The number of carbonyl (C=O) groups excluding carboxylic acids is 1. The molecular formula is C25H27F3O3. The second-order valence-electron chi connectivity index (χ2n) is 7.92. The summed E-state index contributed by atoms with van der Waals surface area (Å²) in [5, 5.41) is 0. The van der Waals surface area contributed by atoms with Crippen molar-refractivity contribution < 1.29 is 27.4 Å². The van der Waals surface area contributed by atoms with Crippen molar-refractivity contribution in [3.05, 3.63) is 71.0 Å². The van der Waals surface area contributed by atoms with E-state index in [1.54, 1.807) is 19.2 Å². The largest absolute Gasteiger partial charge is 0.423 e. The molecule has 6 heteroatoms. The zero-order valence-electron chi connectivity index (χ0n) is 17.5. The van der Waals surface area contributed by atoms with E-state index in [9.17, 15) is 18.0 Å². The van der Waals surface area contributed by atoms with Gasteiger partial charge >= 0.3 is 5.97 Å². The summed E-state index contributed by atoms with van der Waals surface area (Å²) in [5.74, 6) is -0.566. The molecule has 0 radical (unpaired) electrons. The molecule has 166 valence electrons. The lowest BCUT2D eigenvalue weighted by Gasteiger charge is -2.26. The maximum absolute atomic E-state index is 13.6. The maximum Gasteiger partial charge on any atom is 0.343 e. The van der Waals surface area contributed by atoms with E-state index in [4.69, 9.17) is 9.47 Å². The van der Waals surface area contributed by atoms with Crippen LogP contribution >= 0.6 is 0 Å². The number of rotatable bonds is 8. The Bertz CT molecular complexity index is 885. The Balaban J connectivity index is 1.52. The molecule has 0 unspecified atom stereocenters. The van der Waals surface area contributed by atoms with E-state index in [1.807, 2.05) is 12.1 Å². The molecule has 0 amide bonds. The number of ether oxygens (including phenoxy) is 2. The number of hydrogen-bond acceptors (Lipinski definition) is 3. The van der Waals surface area contributed by atoms with Crippen LogP contribution in [0, 0.1) is 17.7 Å². The van der Waals surface area contributed by atoms with Crippen LogP contribution in [0.4, 0.5) is 13.2 Å². The van der Waals surface area contributed by atoms with Crippen LogP contribution in [0.25, 0.3) is 6.08 Å². The number of methoxy groups -OCH3 is 1. The van der Waals surface area contributed by atoms with Crippen molar-refractivity contribution >= 4 is 12.0 Å². The monoisotopic (exact) mass is 432 g/mol. The fourth-order valence-electron chi connectivity index (χ4n) is 3.85. The number of esters is 1. The highest BCUT2D eigenvalue weighted by atomic mass is 19.3. The van der Waals surface area contributed by atoms with Crippen molar-refractivity contribution in [1.82, 2.24) is 0 Å². The number of hydrogen-bond donors (Lipinski definition) is 0. The third-order valence-corrected chi connectivity index (χ3v) is 5.75. The number of benzene rings is 2. The first-order valence-electron chi connectivity index (χ1n) is 10.5. The van der Waals surface area contributed by atoms with Crippen molar-refractivity contribution in [2.45, 2.75) is 38.5 Å². The van der Waals surface area contributed by atoms with Gasteiger partial charge in [-0.25, -0.2) is 18.0 Å². The standard InChI is InChI=1S/C25H27F3O3/c1-30-15-14-19-6-4-17(5-7-19)2-3-18-8-10-20(11-9-18)25(29)31-21-12-13-22(24(27)28)23(26)16-21/h2-3,8-13,16-17,19,24H,4-7,14-15H2,1H3/b3-2+. The van der Waals surface area contributed by atoms with Gasteiger partial charge in [-0.3, -0.25) is 0 Å². The third-order valence-electron chi connectivity index (χ3n) is 5.75. The van der Waals surface area contributed by atoms with E-state index in [2.05, 4.69) is 12.2 Å². The summed E-state index contributed by atoms with van der Waals surface area (Å²) in [6.45, 7) is 0.829. The molecule has 0 saturated heterocycles. The summed E-state index contributed by atoms with van der Waals surface area (Å²) in [7, 11) is 1.74. The third kappa shape index (κ3) is 6.69. The van der Waals surface area contributed by atoms with Gasteiger partial charge in [-0.15, -0.1) is 0 Å². The molecule has 1 aliphatic rings. The van der Waals surface area contributed by atoms with Crippen LogP contribution in [-0.4, -0.2) is 19.7 Å². The van der Waals surface area contributed by atoms with Gasteiger partial charge < -0.3 is 9.47 Å². The fourth-order valence-corrected chi connectivity index (χ4v) is 3.85. The van der Waals surface area contributed by atoms with E-state index >= 15 is 0 Å². The lowest BCUT2D eigenvalue weighted by molar-refractivity contribution is 0.0734. The molecule has 0 N–H and O–H groups in total. The lowest BCUT2D eigenvalue weighted by atomic mass is 9.80. The minimum atomic E-state index is -2.92. The van der Waals surface area contributed by atoms with Gasteiger partial charge in [0.05, 0.1) is 11.1 Å². The average molecular weight is 432 g/mol. The molecule has 2 aromatic rings. The number of alkyl halides is 2. The quantitative estimate of drug-likeness (QED) is 0.338. The predicted octanol–water partition coefficient (Wildman–Crippen LogP) is 6.84. The van der Waals surface area contributed by atoms with Crippen LogP contribution < -0.4 is 4.74 Å². The summed E-state index contributed by atoms with van der Waals surface area (Å²) in [6.07, 6.45) is 7.31. The van der Waals surface area contributed by atoms with Gasteiger partial charge in [0.15, 0.2) is 0 Å². The minimum Gasteiger partial charge on any atom is -0.423 e. The topological polar surface area (TPSA) is 35.5 Å². The Labute approximate surface area is 180 Å². The molecule has 1 fully saturated rings. The van der Waals surface area contributed by atoms with Gasteiger partial charge in [0.2, 0.25) is 0 Å². The first-order chi connectivity index (χ1) is 15.0. The molecule has 0 spiro atoms. The van der Waals surface area contributed by atoms with Gasteiger partial charge in [-0.05, 0) is 73.8 Å². The van der Waals surface area contributed by atoms with Gasteiger partial charge in [-0.1, -0.05) is 24.3 Å². The lowest BCUT2D eigenvalue weighted by Crippen LogP contribution is -2.14. The Morgan fingerprint density at radius 3 is 2.42 bits per heavy atom. The molecule has 0 aromatic heterocycles. The second kappa shape index (κ2) is 11.1. The Hall–Kier alpha value is -2.60. The van der Waals surface area contributed by atoms with Crippen LogP contribution in [0.2, 0.25) is 0 Å². The van der Waals surface area contributed by atoms with Crippen molar-refractivity contribution in [2.24, 2.45) is 11.8 Å². The molecule has 0 heterocycles. The number of allylic oxidation sites excluding steroid dienone is 1. The highest BCUT2D eigenvalue weighted by molar-refractivity contribution is 5.91. The second-order valence-corrected chi connectivity index (χ2v) is 7.92. The molecule has 1 aliphatic carbocycles. The van der Waals surface area contributed by atoms with Crippen LogP contribution in [0.1, 0.15) is 60.0 Å². The van der Waals surface area contributed by atoms with Gasteiger partial charge in [-0.2, -0.15) is 0 Å². The fraction of sp³-hybridized carbons (Fsp3) is 0.400. The number of carbonyl (C=O) groups is 1. The molecule has 0 bridgehead atoms. The molecule has 31 heavy (non-hydrogen) atoms. The van der Waals surface area contributed by atoms with Crippen LogP contribution in [-0.2, 0) is 4.74 Å². The minimum absolute atomic E-state index is 0.114. The van der Waals surface area contributed by atoms with E-state index in [0.717, 1.165) is 42.7 Å². The SMILES string of the molecule is COCCC1CCC(/C=C/c2ccc(C(=O)Oc3ccc(C(F)F)c(F)c3)cc2)CC1. The first kappa shape index (κ1) is 23.1. The molecule has 0 aliphatic heterocycles. The highest BCUT2D eigenvalue weighted by Gasteiger charge is 2.19. The van der Waals surface area contributed by atoms with Crippen molar-refractivity contribution in [1.29, 1.82) is 0 Å². The zero-order valence-corrected chi connectivity index (χ0v) is 17.5. The first-order valence-corrected chi connectivity index (χ1v) is 10.5. The summed E-state index contributed by atoms with van der Waals surface area (Å²) in [6, 6.07) is 9.77. The maximum atomic E-state index is 13.6. The van der Waals surface area contributed by atoms with Gasteiger partial charge in [0, 0.05) is 19.8 Å². The Kier molecular flexibility index (Phi) is 8.29. The van der Waals surface area contributed by atoms with E-state index in [1.165, 1.54) is 25.7 Å². The zero-order chi connectivity index (χ0) is 22.2. The van der Waals surface area contributed by atoms with Gasteiger partial charge in [0.25, 0.3) is 6.43 Å². The van der Waals surface area contributed by atoms with Crippen LogP contribution in [0.5, 0.6) is 5.75 Å². The summed E-state index contributed by atoms with van der Waals surface area (Å²) in [5.41, 5.74) is 0.555. The van der Waals surface area contributed by atoms with E-state index in [0.29, 0.717) is 11.5 Å². The molecule has 3 rings (SSSR count). The number of halogens is 3. The van der Waals surface area contributed by atoms with Gasteiger partial charge in [0.1, 0.15) is 11.6 Å². The van der Waals surface area contributed by atoms with Crippen LogP contribution in [0.15, 0.2) is 48.5 Å². The smallest absolute Gasteiger partial charge is 0.343 e. The predicted molar refractivity (Wildman–Crippen MR) is 114 cm³/mol. The molecule has 3 nitrogen and oxygen atoms in total. The van der Waals surface area contributed by atoms with Crippen molar-refractivity contribution in [3.8, 4) is 5.75 Å².